The molecule has 0 saturated carbocycles. The highest BCUT2D eigenvalue weighted by atomic mass is 32.1. The quantitative estimate of drug-likeness (QED) is 0.854. The number of aryl methyl sites for hydroxylation is 3. The molecule has 1 N–H and O–H groups in total. The molecule has 0 amide bonds. The SMILES string of the molecule is Cc1nc2c(c(NCCCc3scnc3C)n1)CCN(C)CC2. The van der Waals surface area contributed by atoms with Gasteiger partial charge in [0.2, 0.25) is 0 Å². The van der Waals surface area contributed by atoms with Crippen LogP contribution < -0.4 is 5.32 Å². The van der Waals surface area contributed by atoms with Crippen molar-refractivity contribution in [3.05, 3.63) is 33.2 Å². The van der Waals surface area contributed by atoms with Crippen LogP contribution in [0.2, 0.25) is 0 Å². The average Bonchev–Trinajstić information content (AvgIpc) is 2.83. The number of thiazole rings is 1. The average molecular weight is 331 g/mol. The van der Waals surface area contributed by atoms with E-state index in [1.807, 2.05) is 12.4 Å². The van der Waals surface area contributed by atoms with Crippen molar-refractivity contribution in [3.63, 3.8) is 0 Å². The van der Waals surface area contributed by atoms with Gasteiger partial charge in [0.05, 0.1) is 16.9 Å². The normalized spacial score (nSPS) is 15.3. The fourth-order valence-corrected chi connectivity index (χ4v) is 3.83. The molecule has 0 spiro atoms. The van der Waals surface area contributed by atoms with Gasteiger partial charge in [0.25, 0.3) is 0 Å². The maximum absolute atomic E-state index is 4.66. The molecule has 23 heavy (non-hydrogen) atoms. The molecule has 0 aliphatic carbocycles. The van der Waals surface area contributed by atoms with Crippen LogP contribution >= 0.6 is 11.3 Å². The molecule has 1 aliphatic heterocycles. The second kappa shape index (κ2) is 7.36. The zero-order valence-corrected chi connectivity index (χ0v) is 15.0. The molecular formula is C17H25N5S. The third-order valence-electron chi connectivity index (χ3n) is 4.40. The first-order chi connectivity index (χ1) is 11.1. The van der Waals surface area contributed by atoms with E-state index in [0.29, 0.717) is 0 Å². The molecule has 3 heterocycles. The van der Waals surface area contributed by atoms with E-state index in [1.54, 1.807) is 11.3 Å². The Labute approximate surface area is 142 Å². The van der Waals surface area contributed by atoms with Crippen LogP contribution in [0, 0.1) is 13.8 Å². The summed E-state index contributed by atoms with van der Waals surface area (Å²) in [6, 6.07) is 0. The molecule has 6 heteroatoms. The first-order valence-corrected chi connectivity index (χ1v) is 9.19. The van der Waals surface area contributed by atoms with E-state index >= 15 is 0 Å². The number of nitrogens with zero attached hydrogens (tertiary/aromatic N) is 4. The lowest BCUT2D eigenvalue weighted by atomic mass is 10.1. The summed E-state index contributed by atoms with van der Waals surface area (Å²) in [6.45, 7) is 7.17. The number of rotatable bonds is 5. The standard InChI is InChI=1S/C17H25N5S/c1-12-16(23-11-19-12)5-4-8-18-17-14-6-9-22(3)10-7-15(14)20-13(2)21-17/h11H,4-10H2,1-3H3,(H,18,20,21). The van der Waals surface area contributed by atoms with E-state index in [4.69, 9.17) is 0 Å². The molecule has 0 fully saturated rings. The van der Waals surface area contributed by atoms with Gasteiger partial charge in [-0.25, -0.2) is 15.0 Å². The van der Waals surface area contributed by atoms with E-state index in [2.05, 4.69) is 39.1 Å². The molecule has 3 rings (SSSR count). The van der Waals surface area contributed by atoms with Crippen molar-refractivity contribution in [2.75, 3.05) is 32.0 Å². The van der Waals surface area contributed by atoms with Gasteiger partial charge in [-0.15, -0.1) is 11.3 Å². The van der Waals surface area contributed by atoms with Crippen LogP contribution in [0.3, 0.4) is 0 Å². The summed E-state index contributed by atoms with van der Waals surface area (Å²) in [4.78, 5) is 17.4. The molecule has 1 aliphatic rings. The number of hydrogen-bond donors (Lipinski definition) is 1. The van der Waals surface area contributed by atoms with Crippen molar-refractivity contribution >= 4 is 17.2 Å². The van der Waals surface area contributed by atoms with Gasteiger partial charge >= 0.3 is 0 Å². The van der Waals surface area contributed by atoms with Crippen LogP contribution in [0.25, 0.3) is 0 Å². The molecule has 5 nitrogen and oxygen atoms in total. The monoisotopic (exact) mass is 331 g/mol. The van der Waals surface area contributed by atoms with Gasteiger partial charge < -0.3 is 10.2 Å². The Hall–Kier alpha value is -1.53. The minimum Gasteiger partial charge on any atom is -0.370 e. The molecule has 2 aromatic heterocycles. The molecule has 2 aromatic rings. The predicted molar refractivity (Wildman–Crippen MR) is 95.3 cm³/mol. The molecule has 124 valence electrons. The molecular weight excluding hydrogens is 306 g/mol. The fraction of sp³-hybridized carbons (Fsp3) is 0.588. The Morgan fingerprint density at radius 3 is 2.83 bits per heavy atom. The summed E-state index contributed by atoms with van der Waals surface area (Å²) in [7, 11) is 2.18. The third kappa shape index (κ3) is 4.06. The first kappa shape index (κ1) is 16.3. The Balaban J connectivity index is 1.63. The Morgan fingerprint density at radius 1 is 1.22 bits per heavy atom. The number of fused-ring (bicyclic) bond motifs is 1. The van der Waals surface area contributed by atoms with Gasteiger partial charge in [0, 0.05) is 36.5 Å². The molecule has 0 radical (unpaired) electrons. The Kier molecular flexibility index (Phi) is 5.23. The van der Waals surface area contributed by atoms with Crippen molar-refractivity contribution in [2.24, 2.45) is 0 Å². The van der Waals surface area contributed by atoms with Crippen molar-refractivity contribution in [1.29, 1.82) is 0 Å². The zero-order chi connectivity index (χ0) is 16.2. The first-order valence-electron chi connectivity index (χ1n) is 8.31. The van der Waals surface area contributed by atoms with Crippen LogP contribution in [0.5, 0.6) is 0 Å². The summed E-state index contributed by atoms with van der Waals surface area (Å²) in [6.07, 6.45) is 4.23. The van der Waals surface area contributed by atoms with Gasteiger partial charge in [-0.05, 0) is 40.2 Å². The second-order valence-electron chi connectivity index (χ2n) is 6.24. The maximum Gasteiger partial charge on any atom is 0.133 e. The Bertz CT molecular complexity index is 667. The summed E-state index contributed by atoms with van der Waals surface area (Å²) >= 11 is 1.75. The number of likely N-dealkylation sites (N-methyl/N-ethyl adjacent to an activating group) is 1. The zero-order valence-electron chi connectivity index (χ0n) is 14.2. The van der Waals surface area contributed by atoms with Crippen molar-refractivity contribution < 1.29 is 0 Å². The van der Waals surface area contributed by atoms with E-state index in [0.717, 1.165) is 57.0 Å². The van der Waals surface area contributed by atoms with Crippen LogP contribution in [0.1, 0.15) is 34.1 Å². The lowest BCUT2D eigenvalue weighted by Gasteiger charge is -2.14. The lowest BCUT2D eigenvalue weighted by Crippen LogP contribution is -2.20. The van der Waals surface area contributed by atoms with Crippen molar-refractivity contribution in [3.8, 4) is 0 Å². The largest absolute Gasteiger partial charge is 0.370 e. The van der Waals surface area contributed by atoms with Crippen LogP contribution in [-0.4, -0.2) is 46.5 Å². The fourth-order valence-electron chi connectivity index (χ4n) is 3.00. The minimum atomic E-state index is 0.870. The van der Waals surface area contributed by atoms with Gasteiger partial charge in [-0.1, -0.05) is 0 Å². The number of nitrogens with one attached hydrogen (secondary N) is 1. The van der Waals surface area contributed by atoms with E-state index in [9.17, 15) is 0 Å². The molecule has 0 saturated heterocycles. The van der Waals surface area contributed by atoms with Gasteiger partial charge in [0.15, 0.2) is 0 Å². The van der Waals surface area contributed by atoms with Crippen molar-refractivity contribution in [2.45, 2.75) is 39.5 Å². The summed E-state index contributed by atoms with van der Waals surface area (Å²) < 4.78 is 0. The smallest absolute Gasteiger partial charge is 0.133 e. The molecule has 0 bridgehead atoms. The second-order valence-corrected chi connectivity index (χ2v) is 7.18. The number of anilines is 1. The highest BCUT2D eigenvalue weighted by Crippen LogP contribution is 2.21. The van der Waals surface area contributed by atoms with Gasteiger partial charge in [0.1, 0.15) is 11.6 Å². The maximum atomic E-state index is 4.66. The summed E-state index contributed by atoms with van der Waals surface area (Å²) in [5.74, 6) is 1.91. The molecule has 0 atom stereocenters. The highest BCUT2D eigenvalue weighted by Gasteiger charge is 2.17. The van der Waals surface area contributed by atoms with Gasteiger partial charge in [-0.2, -0.15) is 0 Å². The van der Waals surface area contributed by atoms with Crippen LogP contribution in [-0.2, 0) is 19.3 Å². The third-order valence-corrected chi connectivity index (χ3v) is 5.39. The number of hydrogen-bond acceptors (Lipinski definition) is 6. The number of aromatic nitrogens is 3. The summed E-state index contributed by atoms with van der Waals surface area (Å²) in [5, 5.41) is 3.55. The van der Waals surface area contributed by atoms with Crippen LogP contribution in [0.4, 0.5) is 5.82 Å². The van der Waals surface area contributed by atoms with E-state index in [1.165, 1.54) is 21.8 Å². The lowest BCUT2D eigenvalue weighted by molar-refractivity contribution is 0.352. The topological polar surface area (TPSA) is 53.9 Å². The minimum absolute atomic E-state index is 0.870. The van der Waals surface area contributed by atoms with E-state index < -0.39 is 0 Å². The Morgan fingerprint density at radius 2 is 2.04 bits per heavy atom. The van der Waals surface area contributed by atoms with Crippen LogP contribution in [0.15, 0.2) is 5.51 Å². The summed E-state index contributed by atoms with van der Waals surface area (Å²) in [5.41, 5.74) is 5.64. The highest BCUT2D eigenvalue weighted by molar-refractivity contribution is 7.09. The predicted octanol–water partition coefficient (Wildman–Crippen LogP) is 2.63. The molecule has 0 unspecified atom stereocenters. The van der Waals surface area contributed by atoms with Crippen molar-refractivity contribution in [1.82, 2.24) is 19.9 Å². The van der Waals surface area contributed by atoms with Gasteiger partial charge in [-0.3, -0.25) is 0 Å². The van der Waals surface area contributed by atoms with E-state index in [-0.39, 0.29) is 0 Å². The molecule has 0 aromatic carbocycles.